The lowest BCUT2D eigenvalue weighted by molar-refractivity contribution is -0.0408. The van der Waals surface area contributed by atoms with Crippen LogP contribution in [0.2, 0.25) is 0 Å². The molecule has 1 atom stereocenters. The summed E-state index contributed by atoms with van der Waals surface area (Å²) in [6, 6.07) is 0.328. The van der Waals surface area contributed by atoms with Crippen LogP contribution in [0.3, 0.4) is 0 Å². The molecule has 1 rings (SSSR count). The summed E-state index contributed by atoms with van der Waals surface area (Å²) in [5.41, 5.74) is 5.52. The van der Waals surface area contributed by atoms with Crippen molar-refractivity contribution in [2.45, 2.75) is 13.0 Å². The molecular weight excluding hydrogens is 126 g/mol. The predicted molar refractivity (Wildman–Crippen MR) is 35.2 cm³/mol. The molecule has 0 saturated carbocycles. The van der Waals surface area contributed by atoms with Gasteiger partial charge in [0.05, 0.1) is 13.2 Å². The molecule has 0 spiro atoms. The fourth-order valence-electron chi connectivity index (χ4n) is 0.557. The van der Waals surface area contributed by atoms with E-state index in [0.29, 0.717) is 12.0 Å². The minimum absolute atomic E-state index is 0. The van der Waals surface area contributed by atoms with E-state index in [0.717, 1.165) is 13.2 Å². The largest absolute Gasteiger partial charge is 0.381 e. The summed E-state index contributed by atoms with van der Waals surface area (Å²) in [6.07, 6.45) is 0. The molecule has 0 aromatic heterocycles. The van der Waals surface area contributed by atoms with Gasteiger partial charge in [0.15, 0.2) is 0 Å². The van der Waals surface area contributed by atoms with Crippen LogP contribution in [0.15, 0.2) is 0 Å². The van der Waals surface area contributed by atoms with Gasteiger partial charge in [-0.3, -0.25) is 0 Å². The Morgan fingerprint density at radius 3 is 2.12 bits per heavy atom. The molecule has 0 aromatic rings. The maximum Gasteiger partial charge on any atom is 0.0531 e. The van der Waals surface area contributed by atoms with E-state index < -0.39 is 0 Å². The highest BCUT2D eigenvalue weighted by Gasteiger charge is 2.21. The Bertz CT molecular complexity index is 63.4. The molecule has 0 unspecified atom stereocenters. The normalized spacial score (nSPS) is 23.2. The first-order valence-corrected chi connectivity index (χ1v) is 2.64. The van der Waals surface area contributed by atoms with Crippen molar-refractivity contribution in [3.05, 3.63) is 0 Å². The Morgan fingerprint density at radius 2 is 2.12 bits per heavy atom. The van der Waals surface area contributed by atoms with Gasteiger partial charge in [-0.25, -0.2) is 0 Å². The zero-order valence-electron chi connectivity index (χ0n) is 4.96. The van der Waals surface area contributed by atoms with Crippen molar-refractivity contribution in [3.63, 3.8) is 0 Å². The fourth-order valence-corrected chi connectivity index (χ4v) is 0.557. The van der Waals surface area contributed by atoms with Gasteiger partial charge in [0, 0.05) is 12.0 Å². The Kier molecular flexibility index (Phi) is 3.36. The van der Waals surface area contributed by atoms with Gasteiger partial charge in [-0.2, -0.15) is 0 Å². The van der Waals surface area contributed by atoms with Crippen molar-refractivity contribution in [1.82, 2.24) is 0 Å². The standard InChI is InChI=1S/C5H11NO.ClH/c1-4(6)5-2-7-3-5;/h4-5H,2-3,6H2,1H3;1H/t4-;/m0./s1. The molecule has 2 nitrogen and oxygen atoms in total. The number of rotatable bonds is 1. The zero-order chi connectivity index (χ0) is 5.28. The lowest BCUT2D eigenvalue weighted by atomic mass is 10.0. The molecule has 1 heterocycles. The molecule has 50 valence electrons. The molecule has 1 aliphatic rings. The molecule has 1 saturated heterocycles. The van der Waals surface area contributed by atoms with Crippen LogP contribution in [0.4, 0.5) is 0 Å². The molecule has 1 aliphatic heterocycles. The van der Waals surface area contributed by atoms with Crippen LogP contribution in [0, 0.1) is 5.92 Å². The summed E-state index contributed by atoms with van der Waals surface area (Å²) in [7, 11) is 0. The van der Waals surface area contributed by atoms with E-state index in [1.807, 2.05) is 6.92 Å². The quantitative estimate of drug-likeness (QED) is 0.568. The van der Waals surface area contributed by atoms with E-state index in [1.54, 1.807) is 0 Å². The Morgan fingerprint density at radius 1 is 1.62 bits per heavy atom. The van der Waals surface area contributed by atoms with Crippen molar-refractivity contribution in [2.75, 3.05) is 13.2 Å². The first-order chi connectivity index (χ1) is 3.30. The number of nitrogens with two attached hydrogens (primary N) is 1. The number of ether oxygens (including phenoxy) is 1. The van der Waals surface area contributed by atoms with Gasteiger partial charge in [-0.05, 0) is 6.92 Å². The van der Waals surface area contributed by atoms with Crippen LogP contribution in [0.25, 0.3) is 0 Å². The topological polar surface area (TPSA) is 35.2 Å². The molecule has 1 fully saturated rings. The molecule has 0 aromatic carbocycles. The van der Waals surface area contributed by atoms with Crippen LogP contribution in [0.1, 0.15) is 6.92 Å². The Hall–Kier alpha value is 0.210. The van der Waals surface area contributed by atoms with Crippen molar-refractivity contribution in [2.24, 2.45) is 11.7 Å². The zero-order valence-corrected chi connectivity index (χ0v) is 5.78. The Labute approximate surface area is 55.8 Å². The molecule has 3 heteroatoms. The van der Waals surface area contributed by atoms with Crippen LogP contribution in [-0.4, -0.2) is 19.3 Å². The van der Waals surface area contributed by atoms with E-state index in [9.17, 15) is 0 Å². The van der Waals surface area contributed by atoms with Crippen LogP contribution in [-0.2, 0) is 4.74 Å². The summed E-state index contributed by atoms with van der Waals surface area (Å²) in [5.74, 6) is 0.639. The van der Waals surface area contributed by atoms with Crippen molar-refractivity contribution in [1.29, 1.82) is 0 Å². The molecule has 0 radical (unpaired) electrons. The van der Waals surface area contributed by atoms with Crippen LogP contribution >= 0.6 is 12.4 Å². The third-order valence-corrected chi connectivity index (χ3v) is 1.41. The van der Waals surface area contributed by atoms with E-state index in [1.165, 1.54) is 0 Å². The number of hydrogen-bond acceptors (Lipinski definition) is 2. The third-order valence-electron chi connectivity index (χ3n) is 1.41. The van der Waals surface area contributed by atoms with Gasteiger partial charge >= 0.3 is 0 Å². The molecule has 2 N–H and O–H groups in total. The highest BCUT2D eigenvalue weighted by molar-refractivity contribution is 5.85. The van der Waals surface area contributed by atoms with Gasteiger partial charge in [-0.15, -0.1) is 12.4 Å². The van der Waals surface area contributed by atoms with Crippen molar-refractivity contribution < 1.29 is 4.74 Å². The lowest BCUT2D eigenvalue weighted by Crippen LogP contribution is -2.40. The minimum Gasteiger partial charge on any atom is -0.381 e. The monoisotopic (exact) mass is 137 g/mol. The highest BCUT2D eigenvalue weighted by atomic mass is 35.5. The SMILES string of the molecule is C[C@H](N)C1COC1.Cl. The summed E-state index contributed by atoms with van der Waals surface area (Å²) in [6.45, 7) is 3.77. The summed E-state index contributed by atoms with van der Waals surface area (Å²) in [5, 5.41) is 0. The number of halogens is 1. The van der Waals surface area contributed by atoms with E-state index in [-0.39, 0.29) is 12.4 Å². The summed E-state index contributed by atoms with van der Waals surface area (Å²) >= 11 is 0. The van der Waals surface area contributed by atoms with Gasteiger partial charge < -0.3 is 10.5 Å². The first-order valence-electron chi connectivity index (χ1n) is 2.64. The third kappa shape index (κ3) is 1.62. The fraction of sp³-hybridized carbons (Fsp3) is 1.00. The molecule has 0 aliphatic carbocycles. The second-order valence-corrected chi connectivity index (χ2v) is 2.16. The highest BCUT2D eigenvalue weighted by Crippen LogP contribution is 2.11. The van der Waals surface area contributed by atoms with Crippen LogP contribution in [0.5, 0.6) is 0 Å². The maximum atomic E-state index is 5.52. The van der Waals surface area contributed by atoms with Crippen LogP contribution < -0.4 is 5.73 Å². The van der Waals surface area contributed by atoms with Crippen molar-refractivity contribution >= 4 is 12.4 Å². The van der Waals surface area contributed by atoms with Gasteiger partial charge in [-0.1, -0.05) is 0 Å². The molecule has 8 heavy (non-hydrogen) atoms. The average molecular weight is 138 g/mol. The first kappa shape index (κ1) is 8.21. The minimum atomic E-state index is 0. The average Bonchev–Trinajstić information content (AvgIpc) is 1.23. The van der Waals surface area contributed by atoms with Gasteiger partial charge in [0.25, 0.3) is 0 Å². The smallest absolute Gasteiger partial charge is 0.0531 e. The van der Waals surface area contributed by atoms with E-state index in [4.69, 9.17) is 10.5 Å². The summed E-state index contributed by atoms with van der Waals surface area (Å²) in [4.78, 5) is 0. The molecule has 0 bridgehead atoms. The molecule has 0 amide bonds. The predicted octanol–water partition coefficient (Wildman–Crippen LogP) is 0.402. The Balaban J connectivity index is 0.000000490. The van der Waals surface area contributed by atoms with Gasteiger partial charge in [0.1, 0.15) is 0 Å². The second kappa shape index (κ2) is 3.28. The molecular formula is C5H12ClNO. The number of hydrogen-bond donors (Lipinski definition) is 1. The maximum absolute atomic E-state index is 5.52. The van der Waals surface area contributed by atoms with Gasteiger partial charge in [0.2, 0.25) is 0 Å². The summed E-state index contributed by atoms with van der Waals surface area (Å²) < 4.78 is 4.92. The van der Waals surface area contributed by atoms with Crippen molar-refractivity contribution in [3.8, 4) is 0 Å². The second-order valence-electron chi connectivity index (χ2n) is 2.16. The van der Waals surface area contributed by atoms with E-state index >= 15 is 0 Å². The van der Waals surface area contributed by atoms with E-state index in [2.05, 4.69) is 0 Å². The lowest BCUT2D eigenvalue weighted by Gasteiger charge is -2.28.